The first kappa shape index (κ1) is 13.9. The Morgan fingerprint density at radius 2 is 2.00 bits per heavy atom. The second-order valence-electron chi connectivity index (χ2n) is 5.36. The fraction of sp³-hybridized carbons (Fsp3) is 0.533. The van der Waals surface area contributed by atoms with Crippen LogP contribution in [0.1, 0.15) is 31.4 Å². The highest BCUT2D eigenvalue weighted by Crippen LogP contribution is 2.19. The van der Waals surface area contributed by atoms with Gasteiger partial charge >= 0.3 is 0 Å². The van der Waals surface area contributed by atoms with Gasteiger partial charge in [0.2, 0.25) is 5.91 Å². The van der Waals surface area contributed by atoms with Crippen molar-refractivity contribution in [3.05, 3.63) is 29.8 Å². The average molecular weight is 261 g/mol. The van der Waals surface area contributed by atoms with Gasteiger partial charge < -0.3 is 10.2 Å². The molecule has 1 aliphatic rings. The van der Waals surface area contributed by atoms with Crippen molar-refractivity contribution >= 4 is 11.6 Å². The van der Waals surface area contributed by atoms with Crippen molar-refractivity contribution in [2.45, 2.75) is 31.8 Å². The molecule has 1 aromatic rings. The molecule has 1 aromatic carbocycles. The number of hydrogen-bond acceptors (Lipinski definition) is 3. The number of nitrogens with one attached hydrogen (secondary N) is 2. The van der Waals surface area contributed by atoms with Gasteiger partial charge in [-0.1, -0.05) is 12.1 Å². The van der Waals surface area contributed by atoms with Gasteiger partial charge in [-0.15, -0.1) is 0 Å². The second kappa shape index (κ2) is 6.06. The Hall–Kier alpha value is -1.55. The Morgan fingerprint density at radius 1 is 1.32 bits per heavy atom. The minimum Gasteiger partial charge on any atom is -0.378 e. The predicted octanol–water partition coefficient (Wildman–Crippen LogP) is 1.68. The molecule has 4 nitrogen and oxygen atoms in total. The normalized spacial score (nSPS) is 20.8. The van der Waals surface area contributed by atoms with E-state index >= 15 is 0 Å². The van der Waals surface area contributed by atoms with E-state index in [0.29, 0.717) is 0 Å². The summed E-state index contributed by atoms with van der Waals surface area (Å²) in [5.74, 6) is 0.128. The van der Waals surface area contributed by atoms with Crippen molar-refractivity contribution in [1.82, 2.24) is 10.6 Å². The lowest BCUT2D eigenvalue weighted by Gasteiger charge is -2.26. The molecule has 2 atom stereocenters. The monoisotopic (exact) mass is 261 g/mol. The summed E-state index contributed by atoms with van der Waals surface area (Å²) < 4.78 is 0. The topological polar surface area (TPSA) is 44.4 Å². The van der Waals surface area contributed by atoms with Gasteiger partial charge in [0.1, 0.15) is 0 Å². The zero-order valence-corrected chi connectivity index (χ0v) is 11.9. The Bertz CT molecular complexity index is 428. The summed E-state index contributed by atoms with van der Waals surface area (Å²) >= 11 is 0. The Balaban J connectivity index is 1.98. The molecule has 104 valence electrons. The summed E-state index contributed by atoms with van der Waals surface area (Å²) in [6, 6.07) is 8.58. The quantitative estimate of drug-likeness (QED) is 0.867. The Kier molecular flexibility index (Phi) is 4.43. The van der Waals surface area contributed by atoms with E-state index in [2.05, 4.69) is 46.7 Å². The maximum atomic E-state index is 11.7. The van der Waals surface area contributed by atoms with Gasteiger partial charge in [0, 0.05) is 32.4 Å². The van der Waals surface area contributed by atoms with Crippen LogP contribution in [-0.4, -0.2) is 32.6 Å². The number of piperidine rings is 1. The average Bonchev–Trinajstić information content (AvgIpc) is 2.41. The predicted molar refractivity (Wildman–Crippen MR) is 78.4 cm³/mol. The Morgan fingerprint density at radius 3 is 2.58 bits per heavy atom. The molecule has 2 N–H and O–H groups in total. The van der Waals surface area contributed by atoms with Crippen LogP contribution in [0.4, 0.5) is 5.69 Å². The van der Waals surface area contributed by atoms with Crippen LogP contribution < -0.4 is 15.5 Å². The number of anilines is 1. The molecular weight excluding hydrogens is 238 g/mol. The van der Waals surface area contributed by atoms with Crippen molar-refractivity contribution < 1.29 is 4.79 Å². The molecule has 2 rings (SSSR count). The van der Waals surface area contributed by atoms with Gasteiger partial charge in [-0.2, -0.15) is 0 Å². The third-order valence-electron chi connectivity index (χ3n) is 3.65. The maximum Gasteiger partial charge on any atom is 0.237 e. The fourth-order valence-corrected chi connectivity index (χ4v) is 2.39. The zero-order chi connectivity index (χ0) is 13.8. The molecular formula is C15H23N3O. The summed E-state index contributed by atoms with van der Waals surface area (Å²) in [7, 11) is 4.06. The lowest BCUT2D eigenvalue weighted by Crippen LogP contribution is -2.48. The standard InChI is InChI=1S/C15H23N3O/c1-11(17-14-5-4-10-16-15(14)19)12-6-8-13(9-7-12)18(2)3/h6-9,11,14,17H,4-5,10H2,1-3H3,(H,16,19). The smallest absolute Gasteiger partial charge is 0.237 e. The molecule has 1 fully saturated rings. The summed E-state index contributed by atoms with van der Waals surface area (Å²) in [5, 5.41) is 6.31. The number of carbonyl (C=O) groups is 1. The van der Waals surface area contributed by atoms with E-state index in [4.69, 9.17) is 0 Å². The van der Waals surface area contributed by atoms with Gasteiger partial charge in [-0.25, -0.2) is 0 Å². The third-order valence-corrected chi connectivity index (χ3v) is 3.65. The zero-order valence-electron chi connectivity index (χ0n) is 11.9. The van der Waals surface area contributed by atoms with Crippen molar-refractivity contribution in [2.75, 3.05) is 25.5 Å². The molecule has 0 radical (unpaired) electrons. The molecule has 0 saturated carbocycles. The van der Waals surface area contributed by atoms with E-state index in [0.717, 1.165) is 19.4 Å². The molecule has 2 unspecified atom stereocenters. The highest BCUT2D eigenvalue weighted by Gasteiger charge is 2.23. The van der Waals surface area contributed by atoms with Crippen LogP contribution in [0.15, 0.2) is 24.3 Å². The molecule has 1 heterocycles. The van der Waals surface area contributed by atoms with Crippen LogP contribution in [0.25, 0.3) is 0 Å². The van der Waals surface area contributed by atoms with Crippen LogP contribution in [0.5, 0.6) is 0 Å². The van der Waals surface area contributed by atoms with Crippen molar-refractivity contribution in [2.24, 2.45) is 0 Å². The van der Waals surface area contributed by atoms with Crippen molar-refractivity contribution in [3.8, 4) is 0 Å². The van der Waals surface area contributed by atoms with Crippen molar-refractivity contribution in [3.63, 3.8) is 0 Å². The second-order valence-corrected chi connectivity index (χ2v) is 5.36. The SMILES string of the molecule is CC(NC1CCCNC1=O)c1ccc(N(C)C)cc1. The van der Waals surface area contributed by atoms with Crippen LogP contribution in [0.3, 0.4) is 0 Å². The summed E-state index contributed by atoms with van der Waals surface area (Å²) in [6.07, 6.45) is 1.97. The largest absolute Gasteiger partial charge is 0.378 e. The van der Waals surface area contributed by atoms with Crippen molar-refractivity contribution in [1.29, 1.82) is 0 Å². The lowest BCUT2D eigenvalue weighted by atomic mass is 10.0. The van der Waals surface area contributed by atoms with Gasteiger partial charge in [-0.05, 0) is 37.5 Å². The Labute approximate surface area is 115 Å². The molecule has 19 heavy (non-hydrogen) atoms. The molecule has 1 amide bonds. The van der Waals surface area contributed by atoms with Gasteiger partial charge in [0.25, 0.3) is 0 Å². The molecule has 1 aliphatic heterocycles. The van der Waals surface area contributed by atoms with E-state index in [-0.39, 0.29) is 18.0 Å². The van der Waals surface area contributed by atoms with E-state index < -0.39 is 0 Å². The summed E-state index contributed by atoms with van der Waals surface area (Å²) in [5.41, 5.74) is 2.40. The van der Waals surface area contributed by atoms with Crippen LogP contribution >= 0.6 is 0 Å². The van der Waals surface area contributed by atoms with E-state index in [1.165, 1.54) is 11.3 Å². The maximum absolute atomic E-state index is 11.7. The first-order chi connectivity index (χ1) is 9.08. The molecule has 1 saturated heterocycles. The van der Waals surface area contributed by atoms with Gasteiger partial charge in [0.15, 0.2) is 0 Å². The number of benzene rings is 1. The van der Waals surface area contributed by atoms with Gasteiger partial charge in [0.05, 0.1) is 6.04 Å². The summed E-state index contributed by atoms with van der Waals surface area (Å²) in [4.78, 5) is 13.8. The number of hydrogen-bond donors (Lipinski definition) is 2. The minimum atomic E-state index is -0.0581. The van der Waals surface area contributed by atoms with Crippen LogP contribution in [0, 0.1) is 0 Å². The first-order valence-corrected chi connectivity index (χ1v) is 6.89. The highest BCUT2D eigenvalue weighted by atomic mass is 16.2. The van der Waals surface area contributed by atoms with E-state index in [1.54, 1.807) is 0 Å². The molecule has 0 aromatic heterocycles. The molecule has 0 bridgehead atoms. The fourth-order valence-electron chi connectivity index (χ4n) is 2.39. The number of carbonyl (C=O) groups excluding carboxylic acids is 1. The number of amides is 1. The molecule has 0 spiro atoms. The number of rotatable bonds is 4. The van der Waals surface area contributed by atoms with Crippen LogP contribution in [0.2, 0.25) is 0 Å². The van der Waals surface area contributed by atoms with Gasteiger partial charge in [-0.3, -0.25) is 10.1 Å². The summed E-state index contributed by atoms with van der Waals surface area (Å²) in [6.45, 7) is 2.91. The highest BCUT2D eigenvalue weighted by molar-refractivity contribution is 5.82. The first-order valence-electron chi connectivity index (χ1n) is 6.89. The van der Waals surface area contributed by atoms with E-state index in [9.17, 15) is 4.79 Å². The lowest BCUT2D eigenvalue weighted by molar-refractivity contribution is -0.124. The molecule has 4 heteroatoms. The third kappa shape index (κ3) is 3.47. The minimum absolute atomic E-state index is 0.0581. The van der Waals surface area contributed by atoms with Crippen LogP contribution in [-0.2, 0) is 4.79 Å². The molecule has 0 aliphatic carbocycles. The number of nitrogens with zero attached hydrogens (tertiary/aromatic N) is 1. The van der Waals surface area contributed by atoms with E-state index in [1.807, 2.05) is 14.1 Å².